The van der Waals surface area contributed by atoms with Gasteiger partial charge in [0.1, 0.15) is 0 Å². The Hall–Kier alpha value is -0.990. The van der Waals surface area contributed by atoms with Crippen molar-refractivity contribution in [2.24, 2.45) is 0 Å². The predicted octanol–water partition coefficient (Wildman–Crippen LogP) is 3.63. The van der Waals surface area contributed by atoms with E-state index in [1.807, 2.05) is 0 Å². The highest BCUT2D eigenvalue weighted by Crippen LogP contribution is 2.27. The Bertz CT molecular complexity index is 214. The minimum Gasteiger partial charge on any atom is -0.166 e. The smallest absolute Gasteiger partial charge is 0.166 e. The SMILES string of the molecule is C=C/C=C(\C=C(C)C)C(F)(F)F. The monoisotopic (exact) mass is 176 g/mol. The predicted molar refractivity (Wildman–Crippen MR) is 43.8 cm³/mol. The summed E-state index contributed by atoms with van der Waals surface area (Å²) in [6.07, 6.45) is -1.12. The van der Waals surface area contributed by atoms with Crippen LogP contribution in [0, 0.1) is 0 Å². The first-order valence-corrected chi connectivity index (χ1v) is 3.42. The number of hydrogen-bond donors (Lipinski definition) is 0. The van der Waals surface area contributed by atoms with Gasteiger partial charge in [-0.05, 0) is 13.8 Å². The third-order valence-corrected chi connectivity index (χ3v) is 1.07. The molecule has 68 valence electrons. The standard InChI is InChI=1S/C9H11F3/c1-4-5-8(6-7(2)3)9(10,11)12/h4-6H,1H2,2-3H3/b8-5+. The van der Waals surface area contributed by atoms with Crippen LogP contribution in [0.2, 0.25) is 0 Å². The molecule has 0 spiro atoms. The van der Waals surface area contributed by atoms with Crippen molar-refractivity contribution in [2.75, 3.05) is 0 Å². The topological polar surface area (TPSA) is 0 Å². The van der Waals surface area contributed by atoms with Crippen LogP contribution in [-0.4, -0.2) is 6.18 Å². The number of alkyl halides is 3. The second kappa shape index (κ2) is 4.14. The zero-order valence-electron chi connectivity index (χ0n) is 7.07. The lowest BCUT2D eigenvalue weighted by Gasteiger charge is -2.06. The number of hydrogen-bond acceptors (Lipinski definition) is 0. The summed E-state index contributed by atoms with van der Waals surface area (Å²) in [5.41, 5.74) is -0.0575. The van der Waals surface area contributed by atoms with E-state index in [0.29, 0.717) is 5.57 Å². The van der Waals surface area contributed by atoms with E-state index in [9.17, 15) is 13.2 Å². The van der Waals surface area contributed by atoms with Crippen molar-refractivity contribution in [1.82, 2.24) is 0 Å². The fourth-order valence-corrected chi connectivity index (χ4v) is 0.662. The molecule has 0 atom stereocenters. The molecular formula is C9H11F3. The van der Waals surface area contributed by atoms with E-state index in [0.717, 1.165) is 18.2 Å². The molecule has 0 aliphatic carbocycles. The molecule has 0 amide bonds. The molecule has 0 rings (SSSR count). The Morgan fingerprint density at radius 3 is 2.00 bits per heavy atom. The number of halogens is 3. The van der Waals surface area contributed by atoms with Crippen molar-refractivity contribution >= 4 is 0 Å². The van der Waals surface area contributed by atoms with Crippen molar-refractivity contribution in [3.63, 3.8) is 0 Å². The van der Waals surface area contributed by atoms with Crippen molar-refractivity contribution < 1.29 is 13.2 Å². The molecule has 0 aliphatic rings. The van der Waals surface area contributed by atoms with Crippen LogP contribution in [0.5, 0.6) is 0 Å². The maximum absolute atomic E-state index is 12.1. The Labute approximate surface area is 70.1 Å². The van der Waals surface area contributed by atoms with E-state index >= 15 is 0 Å². The molecule has 0 nitrogen and oxygen atoms in total. The summed E-state index contributed by atoms with van der Waals surface area (Å²) < 4.78 is 36.3. The lowest BCUT2D eigenvalue weighted by atomic mass is 10.1. The summed E-state index contributed by atoms with van der Waals surface area (Å²) in [5.74, 6) is 0. The Kier molecular flexibility index (Phi) is 3.80. The highest BCUT2D eigenvalue weighted by atomic mass is 19.4. The highest BCUT2D eigenvalue weighted by molar-refractivity contribution is 5.29. The van der Waals surface area contributed by atoms with Gasteiger partial charge in [-0.15, -0.1) is 0 Å². The summed E-state index contributed by atoms with van der Waals surface area (Å²) >= 11 is 0. The first-order valence-electron chi connectivity index (χ1n) is 3.42. The van der Waals surface area contributed by atoms with Gasteiger partial charge in [0.25, 0.3) is 0 Å². The molecule has 0 aromatic rings. The van der Waals surface area contributed by atoms with Crippen LogP contribution < -0.4 is 0 Å². The van der Waals surface area contributed by atoms with Crippen LogP contribution in [0.4, 0.5) is 13.2 Å². The van der Waals surface area contributed by atoms with Crippen LogP contribution in [-0.2, 0) is 0 Å². The van der Waals surface area contributed by atoms with Gasteiger partial charge in [-0.1, -0.05) is 30.4 Å². The quantitative estimate of drug-likeness (QED) is 0.563. The lowest BCUT2D eigenvalue weighted by Crippen LogP contribution is -2.09. The Balaban J connectivity index is 4.82. The van der Waals surface area contributed by atoms with Crippen LogP contribution in [0.1, 0.15) is 13.8 Å². The van der Waals surface area contributed by atoms with Crippen LogP contribution in [0.3, 0.4) is 0 Å². The molecule has 0 N–H and O–H groups in total. The van der Waals surface area contributed by atoms with Gasteiger partial charge in [-0.25, -0.2) is 0 Å². The summed E-state index contributed by atoms with van der Waals surface area (Å²) in [6.45, 7) is 6.44. The van der Waals surface area contributed by atoms with Crippen LogP contribution in [0.25, 0.3) is 0 Å². The number of rotatable bonds is 2. The van der Waals surface area contributed by atoms with E-state index in [-0.39, 0.29) is 0 Å². The molecule has 0 aromatic heterocycles. The molecule has 0 saturated carbocycles. The minimum absolute atomic E-state index is 0.612. The summed E-state index contributed by atoms with van der Waals surface area (Å²) in [5, 5.41) is 0. The zero-order valence-corrected chi connectivity index (χ0v) is 7.07. The second-order valence-electron chi connectivity index (χ2n) is 2.58. The first kappa shape index (κ1) is 11.0. The van der Waals surface area contributed by atoms with Crippen LogP contribution in [0.15, 0.2) is 36.0 Å². The van der Waals surface area contributed by atoms with Crippen molar-refractivity contribution in [3.8, 4) is 0 Å². The maximum atomic E-state index is 12.1. The van der Waals surface area contributed by atoms with Gasteiger partial charge < -0.3 is 0 Å². The van der Waals surface area contributed by atoms with Crippen molar-refractivity contribution in [1.29, 1.82) is 0 Å². The van der Waals surface area contributed by atoms with Gasteiger partial charge in [0.05, 0.1) is 5.57 Å². The summed E-state index contributed by atoms with van der Waals surface area (Å²) in [6, 6.07) is 0. The summed E-state index contributed by atoms with van der Waals surface area (Å²) in [4.78, 5) is 0. The van der Waals surface area contributed by atoms with E-state index in [1.54, 1.807) is 13.8 Å². The lowest BCUT2D eigenvalue weighted by molar-refractivity contribution is -0.0882. The normalized spacial score (nSPS) is 12.6. The van der Waals surface area contributed by atoms with Gasteiger partial charge in [-0.2, -0.15) is 13.2 Å². The second-order valence-corrected chi connectivity index (χ2v) is 2.58. The van der Waals surface area contributed by atoms with E-state index < -0.39 is 11.7 Å². The fourth-order valence-electron chi connectivity index (χ4n) is 0.662. The molecule has 0 radical (unpaired) electrons. The molecule has 0 saturated heterocycles. The minimum atomic E-state index is -4.29. The van der Waals surface area contributed by atoms with Gasteiger partial charge in [0.2, 0.25) is 0 Å². The molecule has 0 aliphatic heterocycles. The molecular weight excluding hydrogens is 165 g/mol. The number of allylic oxidation sites excluding steroid dienone is 5. The average molecular weight is 176 g/mol. The molecule has 12 heavy (non-hydrogen) atoms. The third kappa shape index (κ3) is 4.01. The van der Waals surface area contributed by atoms with Crippen molar-refractivity contribution in [2.45, 2.75) is 20.0 Å². The molecule has 0 bridgehead atoms. The van der Waals surface area contributed by atoms with E-state index in [4.69, 9.17) is 0 Å². The summed E-state index contributed by atoms with van der Waals surface area (Å²) in [7, 11) is 0. The van der Waals surface area contributed by atoms with Gasteiger partial charge in [0, 0.05) is 0 Å². The first-order chi connectivity index (χ1) is 5.38. The van der Waals surface area contributed by atoms with Gasteiger partial charge in [0.15, 0.2) is 0 Å². The molecule has 0 unspecified atom stereocenters. The highest BCUT2D eigenvalue weighted by Gasteiger charge is 2.31. The van der Waals surface area contributed by atoms with Crippen molar-refractivity contribution in [3.05, 3.63) is 36.0 Å². The van der Waals surface area contributed by atoms with Crippen LogP contribution >= 0.6 is 0 Å². The van der Waals surface area contributed by atoms with E-state index in [1.165, 1.54) is 0 Å². The van der Waals surface area contributed by atoms with E-state index in [2.05, 4.69) is 6.58 Å². The van der Waals surface area contributed by atoms with Gasteiger partial charge >= 0.3 is 6.18 Å². The molecule has 0 heterocycles. The largest absolute Gasteiger partial charge is 0.416 e. The average Bonchev–Trinajstić information content (AvgIpc) is 1.83. The Morgan fingerprint density at radius 1 is 1.25 bits per heavy atom. The Morgan fingerprint density at radius 2 is 1.75 bits per heavy atom. The van der Waals surface area contributed by atoms with Gasteiger partial charge in [-0.3, -0.25) is 0 Å². The zero-order chi connectivity index (χ0) is 9.78. The fraction of sp³-hybridized carbons (Fsp3) is 0.333. The maximum Gasteiger partial charge on any atom is 0.416 e. The third-order valence-electron chi connectivity index (χ3n) is 1.07. The molecule has 0 aromatic carbocycles. The molecule has 0 fully saturated rings. The molecule has 3 heteroatoms.